The fraction of sp³-hybridized carbons (Fsp3) is 0.0667. The highest BCUT2D eigenvalue weighted by molar-refractivity contribution is 9.10. The Morgan fingerprint density at radius 3 is 1.26 bits per heavy atom. The standard InChI is InChI=1S/C30H20Br2F4O2S/c31-23-9-1-21(2-10-23)29(15-7-19-5-13-25(33)17-27(19)35)39(37,38)30(22-3-11-24(32)12-4-22)16-8-20-6-14-26(34)18-28(20)36/h1-18,29-30H/b15-7+,16-8+. The Labute approximate surface area is 240 Å². The quantitative estimate of drug-likeness (QED) is 0.174. The maximum Gasteiger partial charge on any atom is 0.171 e. The Kier molecular flexibility index (Phi) is 9.25. The van der Waals surface area contributed by atoms with Gasteiger partial charge in [-0.15, -0.1) is 0 Å². The van der Waals surface area contributed by atoms with E-state index in [-0.39, 0.29) is 11.1 Å². The van der Waals surface area contributed by atoms with E-state index < -0.39 is 43.6 Å². The summed E-state index contributed by atoms with van der Waals surface area (Å²) in [6, 6.07) is 19.3. The summed E-state index contributed by atoms with van der Waals surface area (Å²) in [7, 11) is -4.17. The van der Waals surface area contributed by atoms with Gasteiger partial charge in [0, 0.05) is 32.2 Å². The van der Waals surface area contributed by atoms with Crippen molar-refractivity contribution < 1.29 is 26.0 Å². The fourth-order valence-electron chi connectivity index (χ4n) is 3.94. The monoisotopic (exact) mass is 678 g/mol. The first-order chi connectivity index (χ1) is 18.5. The van der Waals surface area contributed by atoms with Gasteiger partial charge in [-0.25, -0.2) is 26.0 Å². The van der Waals surface area contributed by atoms with E-state index in [4.69, 9.17) is 0 Å². The number of sulfone groups is 1. The van der Waals surface area contributed by atoms with E-state index >= 15 is 0 Å². The zero-order valence-electron chi connectivity index (χ0n) is 20.0. The van der Waals surface area contributed by atoms with E-state index in [1.807, 2.05) is 0 Å². The SMILES string of the molecule is O=S(=O)(C(/C=C/c1ccc(F)cc1F)c1ccc(Br)cc1)C(/C=C/c1ccc(F)cc1F)c1ccc(Br)cc1. The third-order valence-corrected chi connectivity index (χ3v) is 9.26. The molecule has 0 aromatic heterocycles. The van der Waals surface area contributed by atoms with E-state index in [0.717, 1.165) is 21.1 Å². The van der Waals surface area contributed by atoms with Gasteiger partial charge in [0.2, 0.25) is 0 Å². The Morgan fingerprint density at radius 2 is 0.923 bits per heavy atom. The molecule has 4 aromatic carbocycles. The average molecular weight is 680 g/mol. The molecule has 0 N–H and O–H groups in total. The van der Waals surface area contributed by atoms with Crippen LogP contribution in [0.1, 0.15) is 32.8 Å². The molecule has 0 bridgehead atoms. The third kappa shape index (κ3) is 7.15. The van der Waals surface area contributed by atoms with Crippen LogP contribution in [0.25, 0.3) is 12.2 Å². The summed E-state index contributed by atoms with van der Waals surface area (Å²) < 4.78 is 85.6. The Bertz CT molecular complexity index is 1520. The largest absolute Gasteiger partial charge is 0.227 e. The zero-order chi connectivity index (χ0) is 28.2. The van der Waals surface area contributed by atoms with Crippen molar-refractivity contribution in [3.05, 3.63) is 152 Å². The summed E-state index contributed by atoms with van der Waals surface area (Å²) in [6.45, 7) is 0. The summed E-state index contributed by atoms with van der Waals surface area (Å²) in [4.78, 5) is 0. The second kappa shape index (κ2) is 12.4. The highest BCUT2D eigenvalue weighted by Crippen LogP contribution is 2.38. The number of hydrogen-bond acceptors (Lipinski definition) is 2. The van der Waals surface area contributed by atoms with E-state index in [0.29, 0.717) is 23.3 Å². The van der Waals surface area contributed by atoms with E-state index in [2.05, 4.69) is 31.9 Å². The Balaban J connectivity index is 1.85. The molecule has 0 aliphatic heterocycles. The minimum absolute atomic E-state index is 0.0119. The normalized spacial score (nSPS) is 13.7. The average Bonchev–Trinajstić information content (AvgIpc) is 2.88. The molecule has 4 rings (SSSR count). The molecule has 2 nitrogen and oxygen atoms in total. The molecule has 2 atom stereocenters. The van der Waals surface area contributed by atoms with E-state index in [9.17, 15) is 26.0 Å². The van der Waals surface area contributed by atoms with Gasteiger partial charge < -0.3 is 0 Å². The lowest BCUT2D eigenvalue weighted by Gasteiger charge is -2.22. The number of benzene rings is 4. The molecule has 0 spiro atoms. The first-order valence-electron chi connectivity index (χ1n) is 11.5. The van der Waals surface area contributed by atoms with Crippen molar-refractivity contribution in [3.63, 3.8) is 0 Å². The van der Waals surface area contributed by atoms with Crippen LogP contribution < -0.4 is 0 Å². The maximum absolute atomic E-state index is 14.4. The highest BCUT2D eigenvalue weighted by Gasteiger charge is 2.33. The first-order valence-corrected chi connectivity index (χ1v) is 14.7. The predicted molar refractivity (Wildman–Crippen MR) is 153 cm³/mol. The molecule has 0 aliphatic rings. The van der Waals surface area contributed by atoms with Crippen molar-refractivity contribution in [2.45, 2.75) is 10.5 Å². The van der Waals surface area contributed by atoms with Crippen molar-refractivity contribution in [2.75, 3.05) is 0 Å². The third-order valence-electron chi connectivity index (χ3n) is 5.93. The first kappa shape index (κ1) is 29.0. The molecular formula is C30H20Br2F4O2S. The lowest BCUT2D eigenvalue weighted by molar-refractivity contribution is 0.580. The smallest absolute Gasteiger partial charge is 0.171 e. The molecule has 0 saturated carbocycles. The molecular weight excluding hydrogens is 660 g/mol. The van der Waals surface area contributed by atoms with Crippen molar-refractivity contribution in [3.8, 4) is 0 Å². The molecule has 200 valence electrons. The molecule has 39 heavy (non-hydrogen) atoms. The maximum atomic E-state index is 14.4. The van der Waals surface area contributed by atoms with Crippen molar-refractivity contribution in [1.29, 1.82) is 0 Å². The van der Waals surface area contributed by atoms with E-state index in [1.54, 1.807) is 48.5 Å². The number of halogens is 6. The van der Waals surface area contributed by atoms with Crippen molar-refractivity contribution >= 4 is 53.8 Å². The van der Waals surface area contributed by atoms with Gasteiger partial charge in [0.1, 0.15) is 33.8 Å². The molecule has 0 heterocycles. The molecule has 9 heteroatoms. The summed E-state index contributed by atoms with van der Waals surface area (Å²) in [5.74, 6) is -3.19. The van der Waals surface area contributed by atoms with Gasteiger partial charge in [-0.1, -0.05) is 80.4 Å². The summed E-state index contributed by atoms with van der Waals surface area (Å²) in [6.07, 6.45) is 5.27. The number of rotatable bonds is 8. The van der Waals surface area contributed by atoms with Gasteiger partial charge in [-0.3, -0.25) is 0 Å². The zero-order valence-corrected chi connectivity index (χ0v) is 24.0. The second-order valence-electron chi connectivity index (χ2n) is 8.58. The molecule has 0 amide bonds. The minimum Gasteiger partial charge on any atom is -0.227 e. The van der Waals surface area contributed by atoms with Gasteiger partial charge in [0.05, 0.1) is 0 Å². The predicted octanol–water partition coefficient (Wildman–Crippen LogP) is 9.39. The summed E-state index contributed by atoms with van der Waals surface area (Å²) in [5.41, 5.74) is 0.830. The van der Waals surface area contributed by atoms with Crippen LogP contribution in [0, 0.1) is 23.3 Å². The van der Waals surface area contributed by atoms with Gasteiger partial charge in [0.15, 0.2) is 9.84 Å². The van der Waals surface area contributed by atoms with Crippen LogP contribution >= 0.6 is 31.9 Å². The Hall–Kier alpha value is -3.01. The van der Waals surface area contributed by atoms with Crippen molar-refractivity contribution in [1.82, 2.24) is 0 Å². The molecule has 4 aromatic rings. The van der Waals surface area contributed by atoms with Gasteiger partial charge >= 0.3 is 0 Å². The van der Waals surface area contributed by atoms with Crippen LogP contribution in [-0.2, 0) is 9.84 Å². The van der Waals surface area contributed by atoms with Crippen LogP contribution in [-0.4, -0.2) is 8.42 Å². The number of hydrogen-bond donors (Lipinski definition) is 0. The second-order valence-corrected chi connectivity index (χ2v) is 12.6. The molecule has 0 aliphatic carbocycles. The van der Waals surface area contributed by atoms with Crippen LogP contribution in [0.3, 0.4) is 0 Å². The lowest BCUT2D eigenvalue weighted by atomic mass is 10.1. The van der Waals surface area contributed by atoms with Crippen LogP contribution in [0.4, 0.5) is 17.6 Å². The summed E-state index contributed by atoms with van der Waals surface area (Å²) in [5, 5.41) is -2.52. The fourth-order valence-corrected chi connectivity index (χ4v) is 6.45. The Morgan fingerprint density at radius 1 is 0.564 bits per heavy atom. The molecule has 0 radical (unpaired) electrons. The topological polar surface area (TPSA) is 34.1 Å². The van der Waals surface area contributed by atoms with Gasteiger partial charge in [0.25, 0.3) is 0 Å². The van der Waals surface area contributed by atoms with Gasteiger partial charge in [-0.05, 0) is 59.7 Å². The van der Waals surface area contributed by atoms with E-state index in [1.165, 1.54) is 36.4 Å². The highest BCUT2D eigenvalue weighted by atomic mass is 79.9. The lowest BCUT2D eigenvalue weighted by Crippen LogP contribution is -2.19. The molecule has 0 fully saturated rings. The summed E-state index contributed by atoms with van der Waals surface area (Å²) >= 11 is 6.68. The molecule has 2 unspecified atom stereocenters. The van der Waals surface area contributed by atoms with Crippen molar-refractivity contribution in [2.24, 2.45) is 0 Å². The van der Waals surface area contributed by atoms with Crippen LogP contribution in [0.5, 0.6) is 0 Å². The molecule has 0 saturated heterocycles. The van der Waals surface area contributed by atoms with Crippen LogP contribution in [0.15, 0.2) is 106 Å². The minimum atomic E-state index is -4.17. The van der Waals surface area contributed by atoms with Crippen LogP contribution in [0.2, 0.25) is 0 Å². The van der Waals surface area contributed by atoms with Gasteiger partial charge in [-0.2, -0.15) is 0 Å².